The second-order valence-corrected chi connectivity index (χ2v) is 5.29. The Morgan fingerprint density at radius 3 is 2.74 bits per heavy atom. The SMILES string of the molecule is CC(C(=O)N(C)C)n1c(=S)[nH]c2cc(Cl)c(F)cc21. The molecule has 2 rings (SSSR count). The number of likely N-dealkylation sites (N-methyl/N-ethyl adjacent to an activating group) is 1. The fraction of sp³-hybridized carbons (Fsp3) is 0.333. The second-order valence-electron chi connectivity index (χ2n) is 4.49. The van der Waals surface area contributed by atoms with Crippen LogP contribution in [0.25, 0.3) is 11.0 Å². The molecule has 1 atom stereocenters. The van der Waals surface area contributed by atoms with Gasteiger partial charge in [0, 0.05) is 20.2 Å². The van der Waals surface area contributed by atoms with Crippen LogP contribution in [0.2, 0.25) is 5.02 Å². The molecule has 0 radical (unpaired) electrons. The van der Waals surface area contributed by atoms with Crippen molar-refractivity contribution in [3.8, 4) is 0 Å². The molecule has 1 aromatic carbocycles. The Hall–Kier alpha value is -1.40. The maximum absolute atomic E-state index is 13.6. The zero-order valence-electron chi connectivity index (χ0n) is 10.7. The zero-order valence-corrected chi connectivity index (χ0v) is 12.3. The van der Waals surface area contributed by atoms with Gasteiger partial charge in [-0.1, -0.05) is 11.6 Å². The molecule has 1 aromatic heterocycles. The highest BCUT2D eigenvalue weighted by molar-refractivity contribution is 7.71. The number of nitrogens with one attached hydrogen (secondary N) is 1. The average molecular weight is 302 g/mol. The minimum Gasteiger partial charge on any atom is -0.347 e. The molecule has 1 N–H and O–H groups in total. The number of aromatic nitrogens is 2. The molecular weight excluding hydrogens is 289 g/mol. The normalized spacial score (nSPS) is 12.7. The molecule has 2 aromatic rings. The summed E-state index contributed by atoms with van der Waals surface area (Å²) >= 11 is 10.9. The van der Waals surface area contributed by atoms with Crippen LogP contribution in [-0.2, 0) is 4.79 Å². The number of nitrogens with zero attached hydrogens (tertiary/aromatic N) is 2. The summed E-state index contributed by atoms with van der Waals surface area (Å²) in [4.78, 5) is 16.4. The summed E-state index contributed by atoms with van der Waals surface area (Å²) in [6, 6.07) is 2.23. The first-order valence-electron chi connectivity index (χ1n) is 5.63. The number of amides is 1. The van der Waals surface area contributed by atoms with Crippen LogP contribution >= 0.6 is 23.8 Å². The van der Waals surface area contributed by atoms with Gasteiger partial charge in [-0.2, -0.15) is 0 Å². The molecule has 0 aliphatic carbocycles. The Kier molecular flexibility index (Phi) is 3.64. The third-order valence-corrected chi connectivity index (χ3v) is 3.53. The Labute approximate surface area is 119 Å². The van der Waals surface area contributed by atoms with Crippen LogP contribution in [0.15, 0.2) is 12.1 Å². The van der Waals surface area contributed by atoms with Crippen LogP contribution in [-0.4, -0.2) is 34.5 Å². The van der Waals surface area contributed by atoms with E-state index in [2.05, 4.69) is 4.98 Å². The van der Waals surface area contributed by atoms with Gasteiger partial charge >= 0.3 is 0 Å². The molecule has 0 bridgehead atoms. The first-order valence-corrected chi connectivity index (χ1v) is 6.42. The molecule has 0 saturated heterocycles. The van der Waals surface area contributed by atoms with Crippen molar-refractivity contribution in [2.75, 3.05) is 14.1 Å². The minimum absolute atomic E-state index is 0.0162. The van der Waals surface area contributed by atoms with E-state index in [1.807, 2.05) is 0 Å². The monoisotopic (exact) mass is 301 g/mol. The number of hydrogen-bond donors (Lipinski definition) is 1. The van der Waals surface area contributed by atoms with E-state index in [1.165, 1.54) is 17.0 Å². The van der Waals surface area contributed by atoms with E-state index < -0.39 is 11.9 Å². The zero-order chi connectivity index (χ0) is 14.3. The van der Waals surface area contributed by atoms with Crippen molar-refractivity contribution in [3.05, 3.63) is 27.7 Å². The number of carbonyl (C=O) groups excluding carboxylic acids is 1. The summed E-state index contributed by atoms with van der Waals surface area (Å²) < 4.78 is 15.5. The molecule has 7 heteroatoms. The van der Waals surface area contributed by atoms with Gasteiger partial charge in [-0.15, -0.1) is 0 Å². The summed E-state index contributed by atoms with van der Waals surface area (Å²) in [6.45, 7) is 1.72. The minimum atomic E-state index is -0.540. The third kappa shape index (κ3) is 2.37. The Balaban J connectivity index is 2.67. The topological polar surface area (TPSA) is 41.0 Å². The Bertz CT molecular complexity index is 707. The Morgan fingerprint density at radius 1 is 1.53 bits per heavy atom. The molecule has 4 nitrogen and oxygen atoms in total. The number of fused-ring (bicyclic) bond motifs is 1. The van der Waals surface area contributed by atoms with Crippen molar-refractivity contribution in [1.29, 1.82) is 0 Å². The van der Waals surface area contributed by atoms with Crippen molar-refractivity contribution < 1.29 is 9.18 Å². The highest BCUT2D eigenvalue weighted by atomic mass is 35.5. The lowest BCUT2D eigenvalue weighted by atomic mass is 10.2. The van der Waals surface area contributed by atoms with Crippen LogP contribution in [0.5, 0.6) is 0 Å². The summed E-state index contributed by atoms with van der Waals surface area (Å²) in [6.07, 6.45) is 0. The van der Waals surface area contributed by atoms with Gasteiger partial charge in [0.2, 0.25) is 5.91 Å². The van der Waals surface area contributed by atoms with Crippen LogP contribution in [0.1, 0.15) is 13.0 Å². The Morgan fingerprint density at radius 2 is 2.16 bits per heavy atom. The fourth-order valence-corrected chi connectivity index (χ4v) is 2.52. The lowest BCUT2D eigenvalue weighted by Crippen LogP contribution is -2.30. The molecule has 0 saturated carbocycles. The largest absolute Gasteiger partial charge is 0.347 e. The molecule has 102 valence electrons. The van der Waals surface area contributed by atoms with Gasteiger partial charge < -0.3 is 14.5 Å². The molecule has 1 amide bonds. The maximum atomic E-state index is 13.6. The lowest BCUT2D eigenvalue weighted by molar-refractivity contribution is -0.131. The van der Waals surface area contributed by atoms with E-state index in [0.29, 0.717) is 15.8 Å². The van der Waals surface area contributed by atoms with Crippen molar-refractivity contribution in [2.45, 2.75) is 13.0 Å². The molecule has 0 fully saturated rings. The summed E-state index contributed by atoms with van der Waals surface area (Å²) in [5.41, 5.74) is 1.13. The molecule has 1 heterocycles. The van der Waals surface area contributed by atoms with Crippen molar-refractivity contribution in [2.24, 2.45) is 0 Å². The molecule has 19 heavy (non-hydrogen) atoms. The van der Waals surface area contributed by atoms with E-state index >= 15 is 0 Å². The molecule has 1 unspecified atom stereocenters. The fourth-order valence-electron chi connectivity index (χ4n) is 1.99. The van der Waals surface area contributed by atoms with Gasteiger partial charge in [0.15, 0.2) is 4.77 Å². The summed E-state index contributed by atoms with van der Waals surface area (Å²) in [7, 11) is 3.32. The van der Waals surface area contributed by atoms with Crippen LogP contribution in [0, 0.1) is 10.6 Å². The van der Waals surface area contributed by atoms with E-state index in [4.69, 9.17) is 23.8 Å². The summed E-state index contributed by atoms with van der Waals surface area (Å²) in [5.74, 6) is -0.659. The van der Waals surface area contributed by atoms with Crippen LogP contribution in [0.3, 0.4) is 0 Å². The van der Waals surface area contributed by atoms with Gasteiger partial charge in [0.05, 0.1) is 16.1 Å². The molecule has 0 aliphatic heterocycles. The molecular formula is C12H13ClFN3OS. The number of imidazole rings is 1. The highest BCUT2D eigenvalue weighted by Crippen LogP contribution is 2.25. The van der Waals surface area contributed by atoms with E-state index in [0.717, 1.165) is 0 Å². The van der Waals surface area contributed by atoms with Gasteiger partial charge in [-0.25, -0.2) is 4.39 Å². The van der Waals surface area contributed by atoms with Crippen LogP contribution < -0.4 is 0 Å². The van der Waals surface area contributed by atoms with Crippen LogP contribution in [0.4, 0.5) is 4.39 Å². The number of hydrogen-bond acceptors (Lipinski definition) is 2. The van der Waals surface area contributed by atoms with Crippen molar-refractivity contribution >= 4 is 40.8 Å². The average Bonchev–Trinajstić information content (AvgIpc) is 2.63. The van der Waals surface area contributed by atoms with E-state index in [-0.39, 0.29) is 10.9 Å². The quantitative estimate of drug-likeness (QED) is 0.866. The standard InChI is InChI=1S/C12H13ClFN3OS/c1-6(11(18)16(2)3)17-10-5-8(14)7(13)4-9(10)15-12(17)19/h4-6H,1-3H3,(H,15,19). The number of H-pyrrole nitrogens is 1. The smallest absolute Gasteiger partial charge is 0.244 e. The number of halogens is 2. The summed E-state index contributed by atoms with van der Waals surface area (Å²) in [5, 5.41) is 0.0162. The van der Waals surface area contributed by atoms with Crippen molar-refractivity contribution in [3.63, 3.8) is 0 Å². The van der Waals surface area contributed by atoms with Crippen molar-refractivity contribution in [1.82, 2.24) is 14.5 Å². The third-order valence-electron chi connectivity index (χ3n) is 2.94. The second kappa shape index (κ2) is 4.94. The number of rotatable bonds is 2. The van der Waals surface area contributed by atoms with E-state index in [9.17, 15) is 9.18 Å². The van der Waals surface area contributed by atoms with Gasteiger partial charge in [-0.05, 0) is 25.2 Å². The van der Waals surface area contributed by atoms with Gasteiger partial charge in [0.1, 0.15) is 11.9 Å². The van der Waals surface area contributed by atoms with Gasteiger partial charge in [-0.3, -0.25) is 4.79 Å². The number of aromatic amines is 1. The maximum Gasteiger partial charge on any atom is 0.244 e. The molecule has 0 spiro atoms. The predicted octanol–water partition coefficient (Wildman–Crippen LogP) is 3.14. The predicted molar refractivity (Wildman–Crippen MR) is 75.5 cm³/mol. The van der Waals surface area contributed by atoms with Gasteiger partial charge in [0.25, 0.3) is 0 Å². The van der Waals surface area contributed by atoms with E-state index in [1.54, 1.807) is 25.6 Å². The molecule has 0 aliphatic rings. The number of carbonyl (C=O) groups is 1. The highest BCUT2D eigenvalue weighted by Gasteiger charge is 2.20. The first kappa shape index (κ1) is 14.0. The number of benzene rings is 1. The lowest BCUT2D eigenvalue weighted by Gasteiger charge is -2.18. The first-order chi connectivity index (χ1) is 8.82.